The summed E-state index contributed by atoms with van der Waals surface area (Å²) in [7, 11) is 0. The maximum atomic E-state index is 10.8. The highest BCUT2D eigenvalue weighted by Crippen LogP contribution is 2.54. The van der Waals surface area contributed by atoms with Gasteiger partial charge in [0, 0.05) is 11.6 Å². The first-order valence-corrected chi connectivity index (χ1v) is 8.89. The zero-order valence-electron chi connectivity index (χ0n) is 14.0. The number of hydrogen-bond donors (Lipinski definition) is 2. The number of hydrogen-bond acceptors (Lipinski definition) is 5. The Balaban J connectivity index is 1.92. The van der Waals surface area contributed by atoms with Crippen molar-refractivity contribution >= 4 is 21.6 Å². The van der Waals surface area contributed by atoms with Crippen LogP contribution < -0.4 is 5.73 Å². The van der Waals surface area contributed by atoms with E-state index in [1.807, 2.05) is 39.8 Å². The number of nitrogens with zero attached hydrogens (tertiary/aromatic N) is 1. The molecule has 0 aromatic carbocycles. The average Bonchev–Trinajstić information content (AvgIpc) is 2.57. The van der Waals surface area contributed by atoms with Crippen LogP contribution in [0.4, 0.5) is 5.69 Å². The molecule has 0 saturated carbocycles. The highest BCUT2D eigenvalue weighted by Gasteiger charge is 2.63. The fourth-order valence-corrected chi connectivity index (χ4v) is 4.42. The van der Waals surface area contributed by atoms with Gasteiger partial charge in [-0.25, -0.2) is 4.98 Å². The normalized spacial score (nSPS) is 39.9. The predicted octanol–water partition coefficient (Wildman–Crippen LogP) is 3.01. The molecule has 5 atom stereocenters. The number of aromatic nitrogens is 1. The van der Waals surface area contributed by atoms with Crippen molar-refractivity contribution in [3.8, 4) is 0 Å². The largest absolute Gasteiger partial charge is 0.397 e. The second kappa shape index (κ2) is 5.69. The molecule has 0 aliphatic carbocycles. The number of nitrogens with two attached hydrogens (primary N) is 1. The van der Waals surface area contributed by atoms with E-state index in [0.29, 0.717) is 16.7 Å². The molecular weight excluding hydrogens is 360 g/mol. The van der Waals surface area contributed by atoms with E-state index >= 15 is 0 Å². The number of anilines is 1. The van der Waals surface area contributed by atoms with Crippen molar-refractivity contribution in [2.24, 2.45) is 0 Å². The van der Waals surface area contributed by atoms with Crippen LogP contribution in [-0.4, -0.2) is 39.6 Å². The third-order valence-corrected chi connectivity index (χ3v) is 5.66. The maximum absolute atomic E-state index is 10.8. The van der Waals surface area contributed by atoms with Gasteiger partial charge in [0.05, 0.1) is 23.0 Å². The number of halogens is 1. The summed E-state index contributed by atoms with van der Waals surface area (Å²) in [5.74, 6) is 0.200. The van der Waals surface area contributed by atoms with Crippen molar-refractivity contribution in [1.82, 2.24) is 4.98 Å². The Bertz CT molecular complexity index is 612. The van der Waals surface area contributed by atoms with Crippen molar-refractivity contribution in [2.75, 3.05) is 5.73 Å². The Labute approximate surface area is 145 Å². The minimum Gasteiger partial charge on any atom is -0.397 e. The lowest BCUT2D eigenvalue weighted by Gasteiger charge is -2.41. The summed E-state index contributed by atoms with van der Waals surface area (Å²) in [6.07, 6.45) is 0.554. The molecule has 2 aliphatic heterocycles. The van der Waals surface area contributed by atoms with Gasteiger partial charge in [0.1, 0.15) is 16.8 Å². The second-order valence-electron chi connectivity index (χ2n) is 7.50. The zero-order chi connectivity index (χ0) is 17.0. The lowest BCUT2D eigenvalue weighted by atomic mass is 9.82. The van der Waals surface area contributed by atoms with Gasteiger partial charge in [0.15, 0.2) is 0 Å². The minimum absolute atomic E-state index is 0.0419. The Morgan fingerprint density at radius 2 is 2.00 bits per heavy atom. The fraction of sp³-hybridized carbons (Fsp3) is 0.706. The van der Waals surface area contributed by atoms with Gasteiger partial charge < -0.3 is 20.3 Å². The minimum atomic E-state index is -0.642. The fourth-order valence-electron chi connectivity index (χ4n) is 4.08. The third kappa shape index (κ3) is 2.90. The number of ether oxygens (including phenoxy) is 2. The molecular formula is C17H25BrN2O3. The predicted molar refractivity (Wildman–Crippen MR) is 92.2 cm³/mol. The molecule has 1 aromatic heterocycles. The first-order chi connectivity index (χ1) is 10.6. The van der Waals surface area contributed by atoms with Gasteiger partial charge >= 0.3 is 0 Å². The Kier molecular flexibility index (Phi) is 4.24. The summed E-state index contributed by atoms with van der Waals surface area (Å²) in [4.78, 5) is 4.58. The van der Waals surface area contributed by atoms with Gasteiger partial charge in [-0.2, -0.15) is 0 Å². The monoisotopic (exact) mass is 384 g/mol. The molecule has 2 aliphatic rings. The van der Waals surface area contributed by atoms with E-state index in [2.05, 4.69) is 20.9 Å². The number of aliphatic hydroxyl groups excluding tert-OH is 1. The van der Waals surface area contributed by atoms with Crippen molar-refractivity contribution in [1.29, 1.82) is 0 Å². The molecule has 6 heteroatoms. The van der Waals surface area contributed by atoms with Gasteiger partial charge in [0.25, 0.3) is 0 Å². The van der Waals surface area contributed by atoms with Crippen LogP contribution >= 0.6 is 15.9 Å². The molecule has 2 saturated heterocycles. The smallest absolute Gasteiger partial charge is 0.129 e. The maximum Gasteiger partial charge on any atom is 0.129 e. The highest BCUT2D eigenvalue weighted by atomic mass is 79.9. The lowest BCUT2D eigenvalue weighted by Crippen LogP contribution is -2.44. The van der Waals surface area contributed by atoms with E-state index in [1.54, 1.807) is 0 Å². The lowest BCUT2D eigenvalue weighted by molar-refractivity contribution is -0.161. The average molecular weight is 385 g/mol. The van der Waals surface area contributed by atoms with Crippen LogP contribution in [0.1, 0.15) is 52.1 Å². The molecule has 3 heterocycles. The van der Waals surface area contributed by atoms with Crippen molar-refractivity contribution < 1.29 is 14.6 Å². The van der Waals surface area contributed by atoms with E-state index in [-0.39, 0.29) is 18.1 Å². The molecule has 0 radical (unpaired) electrons. The van der Waals surface area contributed by atoms with Crippen LogP contribution in [0.3, 0.4) is 0 Å². The van der Waals surface area contributed by atoms with E-state index < -0.39 is 17.3 Å². The van der Waals surface area contributed by atoms with Gasteiger partial charge in [-0.15, -0.1) is 0 Å². The van der Waals surface area contributed by atoms with E-state index in [9.17, 15) is 5.11 Å². The molecule has 0 spiro atoms. The molecule has 3 N–H and O–H groups in total. The Morgan fingerprint density at radius 3 is 2.61 bits per heavy atom. The van der Waals surface area contributed by atoms with Crippen molar-refractivity contribution in [3.63, 3.8) is 0 Å². The Morgan fingerprint density at radius 1 is 1.35 bits per heavy atom. The first-order valence-electron chi connectivity index (χ1n) is 8.10. The Hall–Kier alpha value is -0.690. The second-order valence-corrected chi connectivity index (χ2v) is 8.25. The van der Waals surface area contributed by atoms with Crippen LogP contribution in [0.15, 0.2) is 16.7 Å². The molecule has 3 rings (SSSR count). The molecule has 2 fully saturated rings. The van der Waals surface area contributed by atoms with E-state index in [0.717, 1.165) is 12.1 Å². The first kappa shape index (κ1) is 17.1. The summed E-state index contributed by atoms with van der Waals surface area (Å²) in [5, 5.41) is 10.8. The number of fused-ring (bicyclic) bond motifs is 2. The van der Waals surface area contributed by atoms with Gasteiger partial charge in [-0.1, -0.05) is 0 Å². The highest BCUT2D eigenvalue weighted by molar-refractivity contribution is 9.10. The summed E-state index contributed by atoms with van der Waals surface area (Å²) < 4.78 is 12.9. The summed E-state index contributed by atoms with van der Waals surface area (Å²) in [6, 6.07) is 3.83. The molecule has 128 valence electrons. The zero-order valence-corrected chi connectivity index (χ0v) is 15.6. The van der Waals surface area contributed by atoms with Gasteiger partial charge in [-0.05, 0) is 68.6 Å². The molecule has 0 amide bonds. The molecule has 23 heavy (non-hydrogen) atoms. The van der Waals surface area contributed by atoms with E-state index in [1.165, 1.54) is 0 Å². The summed E-state index contributed by atoms with van der Waals surface area (Å²) >= 11 is 3.40. The molecule has 1 aromatic rings. The van der Waals surface area contributed by atoms with Gasteiger partial charge in [-0.3, -0.25) is 0 Å². The van der Waals surface area contributed by atoms with Gasteiger partial charge in [0.2, 0.25) is 0 Å². The summed E-state index contributed by atoms with van der Waals surface area (Å²) in [6.45, 7) is 7.97. The third-order valence-electron chi connectivity index (χ3n) is 5.02. The number of nitrogen functional groups attached to an aromatic ring is 1. The molecule has 2 bridgehead atoms. The summed E-state index contributed by atoms with van der Waals surface area (Å²) in [5.41, 5.74) is 6.31. The standard InChI is InChI=1S/C17H25BrN2O3/c1-9(2)22-14-13(21)16(3)7-10(8-17(14,4)23-16)12-6-5-11(19)15(18)20-12/h5-6,9-10,13-14,21H,7-8,19H2,1-4H3/t10-,13-,14+,16+,17-/m1/s1. The topological polar surface area (TPSA) is 77.6 Å². The van der Waals surface area contributed by atoms with Crippen LogP contribution in [0.25, 0.3) is 0 Å². The quantitative estimate of drug-likeness (QED) is 0.783. The van der Waals surface area contributed by atoms with Crippen LogP contribution in [0.2, 0.25) is 0 Å². The van der Waals surface area contributed by atoms with Crippen LogP contribution in [0, 0.1) is 0 Å². The van der Waals surface area contributed by atoms with Crippen LogP contribution in [-0.2, 0) is 9.47 Å². The van der Waals surface area contributed by atoms with Crippen LogP contribution in [0.5, 0.6) is 0 Å². The number of rotatable bonds is 3. The SMILES string of the molecule is CC(C)O[C@H]1[C@@H](O)[C@]2(C)C[C@@H](c3ccc(N)c(Br)n3)C[C@@]1(C)O2. The number of aliphatic hydroxyl groups is 1. The van der Waals surface area contributed by atoms with Crippen molar-refractivity contribution in [2.45, 2.75) is 76.0 Å². The molecule has 0 unspecified atom stereocenters. The number of pyridine rings is 1. The van der Waals surface area contributed by atoms with Crippen molar-refractivity contribution in [3.05, 3.63) is 22.4 Å². The van der Waals surface area contributed by atoms with E-state index in [4.69, 9.17) is 15.2 Å². The molecule has 5 nitrogen and oxygen atoms in total.